The van der Waals surface area contributed by atoms with Crippen LogP contribution in [0.4, 0.5) is 0 Å². The fraction of sp³-hybridized carbons (Fsp3) is 1.00. The van der Waals surface area contributed by atoms with Gasteiger partial charge in [0.25, 0.3) is 0 Å². The molecule has 0 aliphatic rings. The Kier molecular flexibility index (Phi) is 36.3. The van der Waals surface area contributed by atoms with Gasteiger partial charge in [0.2, 0.25) is 0 Å². The molecule has 242 valence electrons. The molecule has 0 aromatic heterocycles. The molecule has 0 aliphatic carbocycles. The Hall–Kier alpha value is -0.360. The summed E-state index contributed by atoms with van der Waals surface area (Å²) in [5.74, 6) is 0. The second-order valence-corrected chi connectivity index (χ2v) is 10.0. The molecule has 9 heteroatoms. The minimum atomic E-state index is 0.240. The van der Waals surface area contributed by atoms with Crippen molar-refractivity contribution in [2.24, 2.45) is 0 Å². The van der Waals surface area contributed by atoms with Crippen LogP contribution in [0.3, 0.4) is 0 Å². The Bertz CT molecular complexity index is 441. The molecule has 0 radical (unpaired) electrons. The number of hydrogen-bond donors (Lipinski definition) is 0. The van der Waals surface area contributed by atoms with Gasteiger partial charge in [0.15, 0.2) is 0 Å². The van der Waals surface area contributed by atoms with Gasteiger partial charge >= 0.3 is 0 Å². The highest BCUT2D eigenvalue weighted by atomic mass is 16.6. The molecule has 9 nitrogen and oxygen atoms in total. The zero-order valence-corrected chi connectivity index (χ0v) is 26.3. The Labute approximate surface area is 246 Å². The van der Waals surface area contributed by atoms with E-state index in [-0.39, 0.29) is 6.10 Å². The van der Waals surface area contributed by atoms with E-state index in [4.69, 9.17) is 42.6 Å². The van der Waals surface area contributed by atoms with E-state index >= 15 is 0 Å². The molecule has 0 fully saturated rings. The van der Waals surface area contributed by atoms with Crippen LogP contribution in [0, 0.1) is 0 Å². The van der Waals surface area contributed by atoms with Crippen LogP contribution in [-0.4, -0.2) is 118 Å². The summed E-state index contributed by atoms with van der Waals surface area (Å²) >= 11 is 0. The zero-order chi connectivity index (χ0) is 29.0. The van der Waals surface area contributed by atoms with Gasteiger partial charge in [-0.1, -0.05) is 64.7 Å². The predicted octanol–water partition coefficient (Wildman–Crippen LogP) is 5.47. The monoisotopic (exact) mass is 580 g/mol. The van der Waals surface area contributed by atoms with Gasteiger partial charge in [-0.2, -0.15) is 0 Å². The molecule has 0 bridgehead atoms. The molecule has 0 heterocycles. The summed E-state index contributed by atoms with van der Waals surface area (Å²) in [6, 6.07) is 0. The van der Waals surface area contributed by atoms with Gasteiger partial charge in [0.1, 0.15) is 0 Å². The highest BCUT2D eigenvalue weighted by Crippen LogP contribution is 2.10. The van der Waals surface area contributed by atoms with E-state index in [1.165, 1.54) is 57.8 Å². The molecule has 0 aromatic carbocycles. The highest BCUT2D eigenvalue weighted by molar-refractivity contribution is 4.47. The molecule has 0 saturated heterocycles. The molecule has 0 amide bonds. The summed E-state index contributed by atoms with van der Waals surface area (Å²) < 4.78 is 49.4. The van der Waals surface area contributed by atoms with Crippen LogP contribution < -0.4 is 0 Å². The molecule has 0 atom stereocenters. The topological polar surface area (TPSA) is 83.1 Å². The first-order valence-corrected chi connectivity index (χ1v) is 16.0. The molecule has 0 N–H and O–H groups in total. The maximum Gasteiger partial charge on any atom is 0.0703 e. The van der Waals surface area contributed by atoms with Crippen molar-refractivity contribution in [3.05, 3.63) is 0 Å². The summed E-state index contributed by atoms with van der Waals surface area (Å²) in [4.78, 5) is 0. The Balaban J connectivity index is 3.02. The fourth-order valence-electron chi connectivity index (χ4n) is 3.68. The van der Waals surface area contributed by atoms with Crippen molar-refractivity contribution in [3.8, 4) is 0 Å². The third-order valence-corrected chi connectivity index (χ3v) is 5.93. The Morgan fingerprint density at radius 2 is 0.550 bits per heavy atom. The van der Waals surface area contributed by atoms with E-state index in [2.05, 4.69) is 6.92 Å². The van der Waals surface area contributed by atoms with Crippen molar-refractivity contribution in [2.75, 3.05) is 112 Å². The van der Waals surface area contributed by atoms with Crippen LogP contribution in [0.2, 0.25) is 0 Å². The van der Waals surface area contributed by atoms with E-state index in [1.807, 2.05) is 13.8 Å². The van der Waals surface area contributed by atoms with Crippen LogP contribution in [0.5, 0.6) is 0 Å². The van der Waals surface area contributed by atoms with Crippen molar-refractivity contribution in [1.29, 1.82) is 0 Å². The van der Waals surface area contributed by atoms with Gasteiger partial charge in [0, 0.05) is 6.61 Å². The molecule has 0 rings (SSSR count). The SMILES string of the molecule is CCCCCCCCCCCCOCCOCCOCCOCCOCCOCCOCCOCCOC(C)C. The largest absolute Gasteiger partial charge is 0.379 e. The second-order valence-electron chi connectivity index (χ2n) is 10.0. The first-order valence-electron chi connectivity index (χ1n) is 16.0. The number of ether oxygens (including phenoxy) is 9. The average Bonchev–Trinajstić information content (AvgIpc) is 2.95. The Morgan fingerprint density at radius 3 is 0.850 bits per heavy atom. The van der Waals surface area contributed by atoms with Crippen LogP contribution in [0.1, 0.15) is 85.0 Å². The third-order valence-electron chi connectivity index (χ3n) is 5.93. The number of hydrogen-bond acceptors (Lipinski definition) is 9. The lowest BCUT2D eigenvalue weighted by Gasteiger charge is -2.09. The third kappa shape index (κ3) is 37.6. The lowest BCUT2D eigenvalue weighted by Crippen LogP contribution is -2.15. The summed E-state index contributed by atoms with van der Waals surface area (Å²) in [5.41, 5.74) is 0. The molecule has 40 heavy (non-hydrogen) atoms. The predicted molar refractivity (Wildman–Crippen MR) is 159 cm³/mol. The van der Waals surface area contributed by atoms with Crippen molar-refractivity contribution >= 4 is 0 Å². The van der Waals surface area contributed by atoms with Crippen molar-refractivity contribution < 1.29 is 42.6 Å². The van der Waals surface area contributed by atoms with Gasteiger partial charge in [-0.05, 0) is 20.3 Å². The molecule has 0 unspecified atom stereocenters. The van der Waals surface area contributed by atoms with E-state index in [9.17, 15) is 0 Å². The molecule has 0 saturated carbocycles. The first kappa shape index (κ1) is 39.6. The maximum atomic E-state index is 5.64. The first-order chi connectivity index (χ1) is 19.8. The van der Waals surface area contributed by atoms with E-state index < -0.39 is 0 Å². The average molecular weight is 581 g/mol. The smallest absolute Gasteiger partial charge is 0.0703 e. The normalized spacial score (nSPS) is 11.7. The van der Waals surface area contributed by atoms with E-state index in [0.29, 0.717) is 106 Å². The van der Waals surface area contributed by atoms with Gasteiger partial charge in [-0.15, -0.1) is 0 Å². The summed E-state index contributed by atoms with van der Waals surface area (Å²) in [6.07, 6.45) is 13.7. The van der Waals surface area contributed by atoms with Crippen LogP contribution in [-0.2, 0) is 42.6 Å². The second kappa shape index (κ2) is 36.7. The lowest BCUT2D eigenvalue weighted by molar-refractivity contribution is -0.0269. The van der Waals surface area contributed by atoms with Crippen LogP contribution in [0.15, 0.2) is 0 Å². The van der Waals surface area contributed by atoms with E-state index in [1.54, 1.807) is 0 Å². The van der Waals surface area contributed by atoms with Crippen LogP contribution >= 0.6 is 0 Å². The fourth-order valence-corrected chi connectivity index (χ4v) is 3.68. The number of rotatable bonds is 36. The maximum absolute atomic E-state index is 5.64. The summed E-state index contributed by atoms with van der Waals surface area (Å²) in [6.45, 7) is 16.3. The van der Waals surface area contributed by atoms with Crippen molar-refractivity contribution in [1.82, 2.24) is 0 Å². The van der Waals surface area contributed by atoms with E-state index in [0.717, 1.165) is 13.0 Å². The molecular formula is C31H64O9. The van der Waals surface area contributed by atoms with Gasteiger partial charge in [-0.3, -0.25) is 0 Å². The summed E-state index contributed by atoms with van der Waals surface area (Å²) in [7, 11) is 0. The van der Waals surface area contributed by atoms with Crippen molar-refractivity contribution in [3.63, 3.8) is 0 Å². The lowest BCUT2D eigenvalue weighted by atomic mass is 10.1. The number of unbranched alkanes of at least 4 members (excludes halogenated alkanes) is 9. The molecule has 0 spiro atoms. The Morgan fingerprint density at radius 1 is 0.300 bits per heavy atom. The molecular weight excluding hydrogens is 516 g/mol. The van der Waals surface area contributed by atoms with Crippen molar-refractivity contribution in [2.45, 2.75) is 91.1 Å². The minimum Gasteiger partial charge on any atom is -0.379 e. The van der Waals surface area contributed by atoms with Gasteiger partial charge in [-0.25, -0.2) is 0 Å². The summed E-state index contributed by atoms with van der Waals surface area (Å²) in [5, 5.41) is 0. The van der Waals surface area contributed by atoms with Gasteiger partial charge in [0.05, 0.1) is 112 Å². The molecule has 0 aromatic rings. The quantitative estimate of drug-likeness (QED) is 0.0897. The standard InChI is InChI=1S/C31H64O9/c1-4-5-6-7-8-9-10-11-12-13-14-32-15-16-33-17-18-34-19-20-35-21-22-36-23-24-37-25-26-38-27-28-39-29-30-40-31(2)3/h31H,4-30H2,1-3H3. The zero-order valence-electron chi connectivity index (χ0n) is 26.3. The molecule has 0 aliphatic heterocycles. The van der Waals surface area contributed by atoms with Crippen LogP contribution in [0.25, 0.3) is 0 Å². The highest BCUT2D eigenvalue weighted by Gasteiger charge is 1.97. The van der Waals surface area contributed by atoms with Gasteiger partial charge < -0.3 is 42.6 Å². The minimum absolute atomic E-state index is 0.240.